The van der Waals surface area contributed by atoms with Crippen LogP contribution in [0.4, 0.5) is 0 Å². The van der Waals surface area contributed by atoms with Crippen LogP contribution in [0.15, 0.2) is 22.8 Å². The van der Waals surface area contributed by atoms with Crippen molar-refractivity contribution in [1.29, 1.82) is 0 Å². The van der Waals surface area contributed by atoms with E-state index < -0.39 is 17.0 Å². The summed E-state index contributed by atoms with van der Waals surface area (Å²) in [5, 5.41) is 9.15. The Kier molecular flexibility index (Phi) is 6.68. The van der Waals surface area contributed by atoms with E-state index in [9.17, 15) is 0 Å². The molecule has 0 fully saturated rings. The van der Waals surface area contributed by atoms with Crippen LogP contribution in [0.3, 0.4) is 0 Å². The van der Waals surface area contributed by atoms with Crippen LogP contribution in [0.1, 0.15) is 27.7 Å². The molecule has 1 rings (SSSR count). The summed E-state index contributed by atoms with van der Waals surface area (Å²) in [6, 6.07) is 0. The van der Waals surface area contributed by atoms with Crippen molar-refractivity contribution in [2.45, 2.75) is 27.7 Å². The Morgan fingerprint density at radius 2 is 1.79 bits per heavy atom. The van der Waals surface area contributed by atoms with Crippen LogP contribution < -0.4 is 0 Å². The third kappa shape index (κ3) is 3.39. The second-order valence-electron chi connectivity index (χ2n) is 3.72. The zero-order valence-electron chi connectivity index (χ0n) is 8.99. The van der Waals surface area contributed by atoms with Crippen LogP contribution >= 0.6 is 18.6 Å². The number of aliphatic hydroxyl groups excluding tert-OH is 1. The van der Waals surface area contributed by atoms with Gasteiger partial charge in [-0.3, -0.25) is 0 Å². The number of aliphatic hydroxyl groups is 1. The van der Waals surface area contributed by atoms with Gasteiger partial charge in [-0.2, -0.15) is 0 Å². The Labute approximate surface area is 103 Å². The maximum absolute atomic E-state index is 9.15. The van der Waals surface area contributed by atoms with Gasteiger partial charge in [-0.05, 0) is 26.3 Å². The van der Waals surface area contributed by atoms with E-state index >= 15 is 0 Å². The van der Waals surface area contributed by atoms with E-state index in [0.29, 0.717) is 0 Å². The summed E-state index contributed by atoms with van der Waals surface area (Å²) < 4.78 is 0. The molecule has 0 bridgehead atoms. The van der Waals surface area contributed by atoms with Gasteiger partial charge in [0.1, 0.15) is 0 Å². The molecule has 0 aromatic carbocycles. The standard InChI is InChI=1S/C10H16O.2ClH.Ti/c1-7-5-10(4,6-11)9(3)8(7)2;;;/h5,11H,6H2,1-4H3;2*1H;/q;;;+2/p-2. The number of hydrogen-bond donors (Lipinski definition) is 1. The molecule has 14 heavy (non-hydrogen) atoms. The minimum atomic E-state index is -0.556. The monoisotopic (exact) mass is 270 g/mol. The molecule has 1 nitrogen and oxygen atoms in total. The molecule has 80 valence electrons. The molecule has 0 saturated carbocycles. The fourth-order valence-electron chi connectivity index (χ4n) is 1.58. The second kappa shape index (κ2) is 6.35. The summed E-state index contributed by atoms with van der Waals surface area (Å²) >= 11 is -0.556. The van der Waals surface area contributed by atoms with Crippen molar-refractivity contribution >= 4 is 18.6 Å². The first-order valence-corrected chi connectivity index (χ1v) is 8.67. The third-order valence-corrected chi connectivity index (χ3v) is 2.87. The molecule has 1 aliphatic carbocycles. The van der Waals surface area contributed by atoms with Gasteiger partial charge in [0, 0.05) is 5.41 Å². The van der Waals surface area contributed by atoms with Crippen LogP contribution in [0, 0.1) is 5.41 Å². The molecule has 0 radical (unpaired) electrons. The molecular weight excluding hydrogens is 255 g/mol. The molecule has 0 aromatic heterocycles. The Balaban J connectivity index is 0.000000500. The first kappa shape index (κ1) is 14.7. The Hall–Kier alpha value is 0.734. The van der Waals surface area contributed by atoms with Crippen LogP contribution in [-0.4, -0.2) is 11.7 Å². The van der Waals surface area contributed by atoms with Crippen molar-refractivity contribution in [3.8, 4) is 0 Å². The topological polar surface area (TPSA) is 20.2 Å². The molecular formula is C10H16Cl2OTi. The average Bonchev–Trinajstić information content (AvgIpc) is 2.33. The normalized spacial score (nSPS) is 25.5. The van der Waals surface area contributed by atoms with E-state index in [0.717, 1.165) is 0 Å². The van der Waals surface area contributed by atoms with Crippen LogP contribution in [0.25, 0.3) is 0 Å². The predicted molar refractivity (Wildman–Crippen MR) is 59.0 cm³/mol. The average molecular weight is 271 g/mol. The third-order valence-electron chi connectivity index (χ3n) is 2.87. The van der Waals surface area contributed by atoms with E-state index in [4.69, 9.17) is 23.7 Å². The predicted octanol–water partition coefficient (Wildman–Crippen LogP) is 3.66. The Bertz CT molecular complexity index is 261. The van der Waals surface area contributed by atoms with Gasteiger partial charge in [-0.1, -0.05) is 24.1 Å². The second-order valence-corrected chi connectivity index (χ2v) is 6.30. The van der Waals surface area contributed by atoms with Gasteiger partial charge in [-0.25, -0.2) is 0 Å². The maximum atomic E-state index is 9.15. The summed E-state index contributed by atoms with van der Waals surface area (Å²) in [5.74, 6) is 0. The van der Waals surface area contributed by atoms with E-state index in [1.54, 1.807) is 0 Å². The quantitative estimate of drug-likeness (QED) is 0.721. The molecule has 0 heterocycles. The van der Waals surface area contributed by atoms with Crippen LogP contribution in [0.2, 0.25) is 0 Å². The van der Waals surface area contributed by atoms with Crippen molar-refractivity contribution in [2.75, 3.05) is 6.61 Å². The molecule has 0 spiro atoms. The number of allylic oxidation sites excluding steroid dienone is 2. The van der Waals surface area contributed by atoms with E-state index in [2.05, 4.69) is 33.8 Å². The summed E-state index contributed by atoms with van der Waals surface area (Å²) in [5.41, 5.74) is 3.85. The van der Waals surface area contributed by atoms with Crippen molar-refractivity contribution in [3.05, 3.63) is 22.8 Å². The first-order valence-electron chi connectivity index (χ1n) is 4.38. The van der Waals surface area contributed by atoms with E-state index in [1.165, 1.54) is 16.7 Å². The van der Waals surface area contributed by atoms with Crippen molar-refractivity contribution in [1.82, 2.24) is 0 Å². The molecule has 1 N–H and O–H groups in total. The molecule has 0 saturated heterocycles. The fourth-order valence-corrected chi connectivity index (χ4v) is 1.58. The van der Waals surface area contributed by atoms with Gasteiger partial charge < -0.3 is 5.11 Å². The van der Waals surface area contributed by atoms with Gasteiger partial charge in [0.15, 0.2) is 0 Å². The molecule has 1 unspecified atom stereocenters. The number of hydrogen-bond acceptors (Lipinski definition) is 1. The fraction of sp³-hybridized carbons (Fsp3) is 0.600. The molecule has 0 aliphatic heterocycles. The van der Waals surface area contributed by atoms with Crippen molar-refractivity contribution in [2.24, 2.45) is 5.41 Å². The summed E-state index contributed by atoms with van der Waals surface area (Å²) in [7, 11) is 9.78. The van der Waals surface area contributed by atoms with Crippen molar-refractivity contribution in [3.63, 3.8) is 0 Å². The Morgan fingerprint density at radius 1 is 1.36 bits per heavy atom. The molecule has 1 aliphatic rings. The van der Waals surface area contributed by atoms with Gasteiger partial charge in [-0.15, -0.1) is 0 Å². The SMILES string of the molecule is CC1=CC(C)(CO)C(C)=C1C.[Cl][Ti][Cl]. The molecule has 1 atom stereocenters. The molecule has 0 amide bonds. The van der Waals surface area contributed by atoms with Crippen molar-refractivity contribution < 1.29 is 22.1 Å². The zero-order valence-corrected chi connectivity index (χ0v) is 12.1. The summed E-state index contributed by atoms with van der Waals surface area (Å²) in [4.78, 5) is 0. The first-order chi connectivity index (χ1) is 6.42. The van der Waals surface area contributed by atoms with Gasteiger partial charge in [0.25, 0.3) is 0 Å². The number of rotatable bonds is 1. The Morgan fingerprint density at radius 3 is 1.93 bits per heavy atom. The van der Waals surface area contributed by atoms with Gasteiger partial charge in [0.05, 0.1) is 6.61 Å². The van der Waals surface area contributed by atoms with E-state index in [1.807, 2.05) is 0 Å². The number of halogens is 2. The summed E-state index contributed by atoms with van der Waals surface area (Å²) in [6.45, 7) is 8.59. The summed E-state index contributed by atoms with van der Waals surface area (Å²) in [6.07, 6.45) is 2.15. The zero-order chi connectivity index (χ0) is 11.4. The van der Waals surface area contributed by atoms with Gasteiger partial charge >= 0.3 is 35.6 Å². The van der Waals surface area contributed by atoms with Crippen LogP contribution in [-0.2, 0) is 17.0 Å². The molecule has 4 heteroatoms. The van der Waals surface area contributed by atoms with E-state index in [-0.39, 0.29) is 12.0 Å². The van der Waals surface area contributed by atoms with Crippen LogP contribution in [0.5, 0.6) is 0 Å². The van der Waals surface area contributed by atoms with Gasteiger partial charge in [0.2, 0.25) is 0 Å². The molecule has 0 aromatic rings. The minimum absolute atomic E-state index is 0.0891.